The summed E-state index contributed by atoms with van der Waals surface area (Å²) in [5.74, 6) is -1.38. The molecule has 0 aliphatic carbocycles. The van der Waals surface area contributed by atoms with E-state index in [1.807, 2.05) is 0 Å². The van der Waals surface area contributed by atoms with Gasteiger partial charge in [0.05, 0.1) is 0 Å². The average molecular weight is 304 g/mol. The van der Waals surface area contributed by atoms with Gasteiger partial charge >= 0.3 is 0 Å². The first-order chi connectivity index (χ1) is 9.49. The molecule has 1 saturated heterocycles. The lowest BCUT2D eigenvalue weighted by atomic mass is 9.95. The van der Waals surface area contributed by atoms with Gasteiger partial charge in [0.2, 0.25) is 10.0 Å². The molecule has 1 aromatic carbocycles. The fraction of sp³-hybridized carbons (Fsp3) is 0.538. The van der Waals surface area contributed by atoms with Crippen LogP contribution in [0.2, 0.25) is 0 Å². The molecule has 0 atom stereocenters. The van der Waals surface area contributed by atoms with Crippen molar-refractivity contribution >= 4 is 10.0 Å². The van der Waals surface area contributed by atoms with E-state index in [9.17, 15) is 17.2 Å². The summed E-state index contributed by atoms with van der Waals surface area (Å²) >= 11 is 0. The number of piperidine rings is 1. The zero-order chi connectivity index (χ0) is 14.6. The van der Waals surface area contributed by atoms with Gasteiger partial charge in [0, 0.05) is 12.6 Å². The average Bonchev–Trinajstić information content (AvgIpc) is 2.39. The SMILES string of the molecule is O=S(=O)(NCCC1CCNCC1)c1ccc(F)cc1F. The molecule has 112 valence electrons. The Labute approximate surface area is 117 Å². The van der Waals surface area contributed by atoms with Crippen LogP contribution in [0.4, 0.5) is 8.78 Å². The number of rotatable bonds is 5. The van der Waals surface area contributed by atoms with E-state index in [0.717, 1.165) is 44.5 Å². The van der Waals surface area contributed by atoms with Crippen LogP contribution < -0.4 is 10.0 Å². The third-order valence-electron chi connectivity index (χ3n) is 3.49. The van der Waals surface area contributed by atoms with E-state index >= 15 is 0 Å². The van der Waals surface area contributed by atoms with Crippen LogP contribution in [-0.2, 0) is 10.0 Å². The molecule has 0 unspecified atom stereocenters. The minimum absolute atomic E-state index is 0.268. The van der Waals surface area contributed by atoms with Crippen molar-refractivity contribution in [3.05, 3.63) is 29.8 Å². The Bertz CT molecular complexity index is 557. The zero-order valence-corrected chi connectivity index (χ0v) is 11.8. The summed E-state index contributed by atoms with van der Waals surface area (Å²) in [6, 6.07) is 2.45. The Morgan fingerprint density at radius 2 is 1.95 bits per heavy atom. The minimum atomic E-state index is -3.92. The Kier molecular flexibility index (Phi) is 5.06. The van der Waals surface area contributed by atoms with E-state index in [1.165, 1.54) is 0 Å². The molecule has 2 N–H and O–H groups in total. The summed E-state index contributed by atoms with van der Waals surface area (Å²) in [5, 5.41) is 3.24. The lowest BCUT2D eigenvalue weighted by Crippen LogP contribution is -2.31. The van der Waals surface area contributed by atoms with E-state index in [0.29, 0.717) is 12.0 Å². The molecule has 1 aromatic rings. The highest BCUT2D eigenvalue weighted by atomic mass is 32.2. The van der Waals surface area contributed by atoms with Gasteiger partial charge in [-0.2, -0.15) is 0 Å². The van der Waals surface area contributed by atoms with Gasteiger partial charge < -0.3 is 5.32 Å². The summed E-state index contributed by atoms with van der Waals surface area (Å²) in [6.07, 6.45) is 2.77. The van der Waals surface area contributed by atoms with Crippen molar-refractivity contribution in [2.45, 2.75) is 24.2 Å². The standard InChI is InChI=1S/C13H18F2N2O2S/c14-11-1-2-13(12(15)9-11)20(18,19)17-8-5-10-3-6-16-7-4-10/h1-2,9-10,16-17H,3-8H2. The van der Waals surface area contributed by atoms with Crippen LogP contribution in [0.25, 0.3) is 0 Å². The maximum atomic E-state index is 13.5. The number of hydrogen-bond donors (Lipinski definition) is 2. The van der Waals surface area contributed by atoms with Crippen molar-refractivity contribution < 1.29 is 17.2 Å². The number of hydrogen-bond acceptors (Lipinski definition) is 3. The predicted octanol–water partition coefficient (Wildman–Crippen LogP) is 1.63. The van der Waals surface area contributed by atoms with Crippen molar-refractivity contribution in [3.63, 3.8) is 0 Å². The summed E-state index contributed by atoms with van der Waals surface area (Å²) in [4.78, 5) is -0.510. The molecule has 1 aliphatic heterocycles. The topological polar surface area (TPSA) is 58.2 Å². The second kappa shape index (κ2) is 6.60. The summed E-state index contributed by atoms with van der Waals surface area (Å²) in [5.41, 5.74) is 0. The van der Waals surface area contributed by atoms with Crippen LogP contribution in [0.3, 0.4) is 0 Å². The number of halogens is 2. The fourth-order valence-electron chi connectivity index (χ4n) is 2.34. The molecular formula is C13H18F2N2O2S. The van der Waals surface area contributed by atoms with Gasteiger partial charge in [0.1, 0.15) is 16.5 Å². The Balaban J connectivity index is 1.93. The first kappa shape index (κ1) is 15.3. The van der Waals surface area contributed by atoms with Gasteiger partial charge in [0.15, 0.2) is 0 Å². The Morgan fingerprint density at radius 3 is 2.60 bits per heavy atom. The molecule has 0 saturated carbocycles. The Hall–Kier alpha value is -1.05. The lowest BCUT2D eigenvalue weighted by Gasteiger charge is -2.22. The third kappa shape index (κ3) is 3.97. The van der Waals surface area contributed by atoms with Crippen LogP contribution in [0, 0.1) is 17.6 Å². The number of sulfonamides is 1. The highest BCUT2D eigenvalue weighted by Gasteiger charge is 2.20. The number of nitrogens with one attached hydrogen (secondary N) is 2. The first-order valence-corrected chi connectivity index (χ1v) is 8.13. The highest BCUT2D eigenvalue weighted by molar-refractivity contribution is 7.89. The van der Waals surface area contributed by atoms with Gasteiger partial charge in [-0.25, -0.2) is 21.9 Å². The predicted molar refractivity (Wildman–Crippen MR) is 71.8 cm³/mol. The Morgan fingerprint density at radius 1 is 1.25 bits per heavy atom. The van der Waals surface area contributed by atoms with Crippen LogP contribution in [-0.4, -0.2) is 28.1 Å². The molecular weight excluding hydrogens is 286 g/mol. The summed E-state index contributed by atoms with van der Waals surface area (Å²) in [7, 11) is -3.92. The molecule has 0 bridgehead atoms. The quantitative estimate of drug-likeness (QED) is 0.869. The van der Waals surface area contributed by atoms with E-state index in [4.69, 9.17) is 0 Å². The molecule has 1 heterocycles. The van der Waals surface area contributed by atoms with Gasteiger partial charge in [0.25, 0.3) is 0 Å². The molecule has 4 nitrogen and oxygen atoms in total. The molecule has 0 radical (unpaired) electrons. The summed E-state index contributed by atoms with van der Waals surface area (Å²) in [6.45, 7) is 2.16. The van der Waals surface area contributed by atoms with E-state index in [2.05, 4.69) is 10.0 Å². The van der Waals surface area contributed by atoms with Crippen molar-refractivity contribution in [2.24, 2.45) is 5.92 Å². The van der Waals surface area contributed by atoms with Gasteiger partial charge in [-0.05, 0) is 50.4 Å². The zero-order valence-electron chi connectivity index (χ0n) is 11.0. The third-order valence-corrected chi connectivity index (χ3v) is 4.98. The van der Waals surface area contributed by atoms with Crippen LogP contribution in [0.1, 0.15) is 19.3 Å². The maximum absolute atomic E-state index is 13.5. The normalized spacial score (nSPS) is 17.3. The molecule has 20 heavy (non-hydrogen) atoms. The smallest absolute Gasteiger partial charge is 0.243 e. The molecule has 0 aromatic heterocycles. The fourth-order valence-corrected chi connectivity index (χ4v) is 3.44. The van der Waals surface area contributed by atoms with Crippen molar-refractivity contribution in [1.29, 1.82) is 0 Å². The number of benzene rings is 1. The molecule has 0 amide bonds. The van der Waals surface area contributed by atoms with E-state index in [-0.39, 0.29) is 6.54 Å². The van der Waals surface area contributed by atoms with Crippen molar-refractivity contribution in [1.82, 2.24) is 10.0 Å². The highest BCUT2D eigenvalue weighted by Crippen LogP contribution is 2.17. The van der Waals surface area contributed by atoms with E-state index in [1.54, 1.807) is 0 Å². The monoisotopic (exact) mass is 304 g/mol. The lowest BCUT2D eigenvalue weighted by molar-refractivity contribution is 0.354. The minimum Gasteiger partial charge on any atom is -0.317 e. The largest absolute Gasteiger partial charge is 0.317 e. The maximum Gasteiger partial charge on any atom is 0.243 e. The van der Waals surface area contributed by atoms with E-state index < -0.39 is 26.6 Å². The van der Waals surface area contributed by atoms with Gasteiger partial charge in [-0.15, -0.1) is 0 Å². The van der Waals surface area contributed by atoms with Crippen LogP contribution in [0.15, 0.2) is 23.1 Å². The van der Waals surface area contributed by atoms with Crippen LogP contribution in [0.5, 0.6) is 0 Å². The van der Waals surface area contributed by atoms with Crippen molar-refractivity contribution in [2.75, 3.05) is 19.6 Å². The second-order valence-corrected chi connectivity index (χ2v) is 6.69. The molecule has 0 spiro atoms. The van der Waals surface area contributed by atoms with Crippen LogP contribution >= 0.6 is 0 Å². The molecule has 2 rings (SSSR count). The summed E-state index contributed by atoms with van der Waals surface area (Å²) < 4.78 is 52.4. The van der Waals surface area contributed by atoms with Gasteiger partial charge in [-0.1, -0.05) is 0 Å². The molecule has 1 aliphatic rings. The second-order valence-electron chi connectivity index (χ2n) is 4.95. The molecule has 7 heteroatoms. The molecule has 1 fully saturated rings. The van der Waals surface area contributed by atoms with Gasteiger partial charge in [-0.3, -0.25) is 0 Å². The first-order valence-electron chi connectivity index (χ1n) is 6.64. The van der Waals surface area contributed by atoms with Crippen molar-refractivity contribution in [3.8, 4) is 0 Å².